The number of benzene rings is 2. The molecular formula is C24H26N2O3. The molecule has 150 valence electrons. The highest BCUT2D eigenvalue weighted by Gasteiger charge is 2.52. The molecule has 0 saturated carbocycles. The van der Waals surface area contributed by atoms with Crippen LogP contribution in [0.25, 0.3) is 10.9 Å². The molecule has 29 heavy (non-hydrogen) atoms. The minimum Gasteiger partial charge on any atom is -0.491 e. The second-order valence-electron chi connectivity index (χ2n) is 8.36. The Balaban J connectivity index is 1.51. The van der Waals surface area contributed by atoms with Crippen LogP contribution in [0.5, 0.6) is 11.5 Å². The predicted molar refractivity (Wildman–Crippen MR) is 113 cm³/mol. The first-order valence-corrected chi connectivity index (χ1v) is 10.4. The maximum atomic E-state index is 13.6. The first kappa shape index (κ1) is 18.3. The molecule has 2 N–H and O–H groups in total. The molecule has 0 amide bonds. The Morgan fingerprint density at radius 3 is 2.72 bits per heavy atom. The fraction of sp³-hybridized carbons (Fsp3) is 0.375. The van der Waals surface area contributed by atoms with Crippen LogP contribution in [0.15, 0.2) is 48.5 Å². The van der Waals surface area contributed by atoms with E-state index in [1.807, 2.05) is 56.3 Å². The number of fused-ring (bicyclic) bond motifs is 3. The molecule has 0 bridgehead atoms. The maximum absolute atomic E-state index is 13.6. The Hall–Kier alpha value is -2.79. The Bertz CT molecular complexity index is 1060. The van der Waals surface area contributed by atoms with E-state index in [0.717, 1.165) is 48.3 Å². The minimum atomic E-state index is -0.499. The molecule has 0 aliphatic carbocycles. The van der Waals surface area contributed by atoms with Crippen LogP contribution in [-0.4, -0.2) is 36.1 Å². The van der Waals surface area contributed by atoms with E-state index < -0.39 is 6.10 Å². The molecule has 5 rings (SSSR count). The smallest absolute Gasteiger partial charge is 0.220 e. The van der Waals surface area contributed by atoms with Crippen molar-refractivity contribution in [1.82, 2.24) is 10.3 Å². The van der Waals surface area contributed by atoms with E-state index in [4.69, 9.17) is 9.47 Å². The molecule has 3 aromatic rings. The third kappa shape index (κ3) is 3.01. The second kappa shape index (κ2) is 6.92. The number of para-hydroxylation sites is 1. The van der Waals surface area contributed by atoms with Gasteiger partial charge in [0.05, 0.1) is 11.8 Å². The molecule has 2 aromatic carbocycles. The average molecular weight is 390 g/mol. The van der Waals surface area contributed by atoms with Gasteiger partial charge in [0.2, 0.25) is 5.78 Å². The molecule has 1 spiro atoms. The summed E-state index contributed by atoms with van der Waals surface area (Å²) < 4.78 is 12.1. The number of ketones is 1. The molecule has 1 fully saturated rings. The molecule has 0 radical (unpaired) electrons. The van der Waals surface area contributed by atoms with Crippen molar-refractivity contribution in [2.45, 2.75) is 44.3 Å². The number of nitrogens with one attached hydrogen (secondary N) is 2. The number of aromatic amines is 1. The summed E-state index contributed by atoms with van der Waals surface area (Å²) in [6.07, 6.45) is 1.40. The number of carbonyl (C=O) groups is 1. The van der Waals surface area contributed by atoms with Gasteiger partial charge in [0.1, 0.15) is 11.5 Å². The fourth-order valence-electron chi connectivity index (χ4n) is 4.80. The van der Waals surface area contributed by atoms with Crippen molar-refractivity contribution in [3.8, 4) is 11.5 Å². The van der Waals surface area contributed by atoms with Crippen LogP contribution in [0.3, 0.4) is 0 Å². The Morgan fingerprint density at radius 1 is 1.14 bits per heavy atom. The standard InChI is InChI=1S/C24H26N2O3/c1-15(2)28-17-7-8-19-16(13-17)14-20(26-19)22(27)23-24(9-11-25-12-10-24)18-5-3-4-6-21(18)29-23/h3-8,13-15,23,25-26H,9-12H2,1-2H3/t23-/m0/s1. The Labute approximate surface area is 170 Å². The van der Waals surface area contributed by atoms with Crippen LogP contribution in [0.1, 0.15) is 42.7 Å². The van der Waals surface area contributed by atoms with Crippen molar-refractivity contribution in [3.63, 3.8) is 0 Å². The van der Waals surface area contributed by atoms with Gasteiger partial charge in [0.25, 0.3) is 0 Å². The van der Waals surface area contributed by atoms with Gasteiger partial charge in [0.15, 0.2) is 6.10 Å². The first-order valence-electron chi connectivity index (χ1n) is 10.4. The highest BCUT2D eigenvalue weighted by atomic mass is 16.5. The molecule has 1 atom stereocenters. The molecule has 3 heterocycles. The van der Waals surface area contributed by atoms with Gasteiger partial charge in [-0.25, -0.2) is 0 Å². The molecule has 5 heteroatoms. The number of hydrogen-bond donors (Lipinski definition) is 2. The van der Waals surface area contributed by atoms with E-state index in [9.17, 15) is 4.79 Å². The van der Waals surface area contributed by atoms with E-state index in [0.29, 0.717) is 5.69 Å². The number of aromatic nitrogens is 1. The van der Waals surface area contributed by atoms with Gasteiger partial charge in [-0.15, -0.1) is 0 Å². The molecule has 0 unspecified atom stereocenters. The second-order valence-corrected chi connectivity index (χ2v) is 8.36. The third-order valence-corrected chi connectivity index (χ3v) is 6.13. The number of rotatable bonds is 4. The van der Waals surface area contributed by atoms with Crippen LogP contribution in [-0.2, 0) is 5.41 Å². The van der Waals surface area contributed by atoms with Crippen LogP contribution in [0, 0.1) is 0 Å². The lowest BCUT2D eigenvalue weighted by atomic mass is 9.69. The van der Waals surface area contributed by atoms with Crippen LogP contribution in [0.4, 0.5) is 0 Å². The van der Waals surface area contributed by atoms with E-state index in [2.05, 4.69) is 16.4 Å². The van der Waals surface area contributed by atoms with Crippen LogP contribution in [0.2, 0.25) is 0 Å². The fourth-order valence-corrected chi connectivity index (χ4v) is 4.80. The van der Waals surface area contributed by atoms with E-state index in [1.54, 1.807) is 0 Å². The van der Waals surface area contributed by atoms with Gasteiger partial charge in [-0.2, -0.15) is 0 Å². The van der Waals surface area contributed by atoms with Crippen molar-refractivity contribution in [2.75, 3.05) is 13.1 Å². The summed E-state index contributed by atoms with van der Waals surface area (Å²) in [5.41, 5.74) is 2.43. The first-order chi connectivity index (χ1) is 14.1. The number of piperidine rings is 1. The minimum absolute atomic E-state index is 0.0191. The van der Waals surface area contributed by atoms with E-state index in [1.165, 1.54) is 5.56 Å². The quantitative estimate of drug-likeness (QED) is 0.655. The lowest BCUT2D eigenvalue weighted by molar-refractivity contribution is 0.0643. The summed E-state index contributed by atoms with van der Waals surface area (Å²) in [7, 11) is 0. The Morgan fingerprint density at radius 2 is 1.93 bits per heavy atom. The summed E-state index contributed by atoms with van der Waals surface area (Å²) in [5, 5.41) is 4.39. The highest BCUT2D eigenvalue weighted by Crippen LogP contribution is 2.49. The number of ether oxygens (including phenoxy) is 2. The molecule has 2 aliphatic heterocycles. The maximum Gasteiger partial charge on any atom is 0.220 e. The molecule has 2 aliphatic rings. The molecule has 5 nitrogen and oxygen atoms in total. The number of hydrogen-bond acceptors (Lipinski definition) is 4. The van der Waals surface area contributed by atoms with Crippen molar-refractivity contribution in [1.29, 1.82) is 0 Å². The summed E-state index contributed by atoms with van der Waals surface area (Å²) >= 11 is 0. The number of H-pyrrole nitrogens is 1. The lowest BCUT2D eigenvalue weighted by Gasteiger charge is -2.37. The van der Waals surface area contributed by atoms with Crippen molar-refractivity contribution in [2.24, 2.45) is 0 Å². The van der Waals surface area contributed by atoms with Crippen LogP contribution < -0.4 is 14.8 Å². The summed E-state index contributed by atoms with van der Waals surface area (Å²) in [5.74, 6) is 1.67. The zero-order chi connectivity index (χ0) is 20.0. The van der Waals surface area contributed by atoms with Gasteiger partial charge in [0, 0.05) is 21.9 Å². The van der Waals surface area contributed by atoms with Crippen molar-refractivity contribution < 1.29 is 14.3 Å². The molecular weight excluding hydrogens is 364 g/mol. The van der Waals surface area contributed by atoms with Crippen molar-refractivity contribution >= 4 is 16.7 Å². The van der Waals surface area contributed by atoms with Gasteiger partial charge in [-0.3, -0.25) is 4.79 Å². The monoisotopic (exact) mass is 390 g/mol. The van der Waals surface area contributed by atoms with Gasteiger partial charge < -0.3 is 19.8 Å². The summed E-state index contributed by atoms with van der Waals surface area (Å²) in [4.78, 5) is 16.9. The largest absolute Gasteiger partial charge is 0.491 e. The number of carbonyl (C=O) groups excluding carboxylic acids is 1. The summed E-state index contributed by atoms with van der Waals surface area (Å²) in [6.45, 7) is 5.79. The predicted octanol–water partition coefficient (Wildman–Crippen LogP) is 4.22. The zero-order valence-electron chi connectivity index (χ0n) is 16.8. The number of Topliss-reactive ketones (excluding diaryl/α,β-unsaturated/α-hetero) is 1. The molecule has 1 aromatic heterocycles. The van der Waals surface area contributed by atoms with Gasteiger partial charge in [-0.1, -0.05) is 18.2 Å². The highest BCUT2D eigenvalue weighted by molar-refractivity contribution is 6.03. The van der Waals surface area contributed by atoms with E-state index >= 15 is 0 Å². The summed E-state index contributed by atoms with van der Waals surface area (Å²) in [6, 6.07) is 15.9. The topological polar surface area (TPSA) is 63.4 Å². The third-order valence-electron chi connectivity index (χ3n) is 6.13. The normalized spacial score (nSPS) is 20.0. The molecule has 1 saturated heterocycles. The van der Waals surface area contributed by atoms with Gasteiger partial charge in [-0.05, 0) is 70.1 Å². The average Bonchev–Trinajstić information content (AvgIpc) is 3.27. The van der Waals surface area contributed by atoms with Gasteiger partial charge >= 0.3 is 0 Å². The Kier molecular flexibility index (Phi) is 4.36. The van der Waals surface area contributed by atoms with Crippen molar-refractivity contribution in [3.05, 3.63) is 59.8 Å². The zero-order valence-corrected chi connectivity index (χ0v) is 16.8. The van der Waals surface area contributed by atoms with Crippen LogP contribution >= 0.6 is 0 Å². The SMILES string of the molecule is CC(C)Oc1ccc2[nH]c(C(=O)[C@@H]3Oc4ccccc4C34CCNCC4)cc2c1. The van der Waals surface area contributed by atoms with E-state index in [-0.39, 0.29) is 17.3 Å². The lowest BCUT2D eigenvalue weighted by Crippen LogP contribution is -2.50.